The zero-order valence-corrected chi connectivity index (χ0v) is 10.5. The highest BCUT2D eigenvalue weighted by molar-refractivity contribution is 5.85. The zero-order valence-electron chi connectivity index (χ0n) is 10.5. The highest BCUT2D eigenvalue weighted by Gasteiger charge is 2.06. The van der Waals surface area contributed by atoms with Gasteiger partial charge in [-0.3, -0.25) is 0 Å². The molecular formula is C16H12N2O. The van der Waals surface area contributed by atoms with Gasteiger partial charge in [0.1, 0.15) is 11.5 Å². The number of aryl methyl sites for hydroxylation is 1. The van der Waals surface area contributed by atoms with Crippen molar-refractivity contribution in [2.45, 2.75) is 6.92 Å². The van der Waals surface area contributed by atoms with Crippen molar-refractivity contribution in [3.8, 4) is 11.5 Å². The maximum Gasteiger partial charge on any atom is 0.190 e. The zero-order chi connectivity index (χ0) is 13.2. The van der Waals surface area contributed by atoms with Crippen LogP contribution in [0.4, 0.5) is 5.69 Å². The molecule has 0 unspecified atom stereocenters. The fourth-order valence-corrected chi connectivity index (χ4v) is 2.12. The monoisotopic (exact) mass is 248 g/mol. The number of H-pyrrole nitrogens is 1. The van der Waals surface area contributed by atoms with Crippen molar-refractivity contribution in [2.75, 3.05) is 0 Å². The number of hydrogen-bond acceptors (Lipinski definition) is 1. The van der Waals surface area contributed by atoms with Crippen LogP contribution in [0.5, 0.6) is 11.5 Å². The second kappa shape index (κ2) is 4.51. The molecular weight excluding hydrogens is 236 g/mol. The van der Waals surface area contributed by atoms with Gasteiger partial charge >= 0.3 is 0 Å². The number of aromatic amines is 1. The third-order valence-corrected chi connectivity index (χ3v) is 3.13. The smallest absolute Gasteiger partial charge is 0.190 e. The molecule has 0 radical (unpaired) electrons. The van der Waals surface area contributed by atoms with Gasteiger partial charge in [0.15, 0.2) is 5.69 Å². The molecule has 1 N–H and O–H groups in total. The van der Waals surface area contributed by atoms with Gasteiger partial charge in [-0.25, -0.2) is 4.85 Å². The fourth-order valence-electron chi connectivity index (χ4n) is 2.12. The fraction of sp³-hybridized carbons (Fsp3) is 0.0625. The van der Waals surface area contributed by atoms with Crippen molar-refractivity contribution in [1.29, 1.82) is 0 Å². The third-order valence-electron chi connectivity index (χ3n) is 3.13. The normalized spacial score (nSPS) is 10.3. The van der Waals surface area contributed by atoms with E-state index in [4.69, 9.17) is 11.3 Å². The maximum absolute atomic E-state index is 7.01. The molecule has 0 spiro atoms. The van der Waals surface area contributed by atoms with Crippen molar-refractivity contribution in [2.24, 2.45) is 0 Å². The molecule has 92 valence electrons. The molecule has 0 saturated heterocycles. The Labute approximate surface area is 111 Å². The third kappa shape index (κ3) is 2.04. The SMILES string of the molecule is [C-]#[N+]c1cccc(Oc2ccc3[nH]ccc3c2C)c1. The van der Waals surface area contributed by atoms with E-state index in [2.05, 4.69) is 9.83 Å². The van der Waals surface area contributed by atoms with Gasteiger partial charge in [-0.1, -0.05) is 12.1 Å². The van der Waals surface area contributed by atoms with Gasteiger partial charge < -0.3 is 9.72 Å². The van der Waals surface area contributed by atoms with E-state index in [0.717, 1.165) is 22.2 Å². The highest BCUT2D eigenvalue weighted by Crippen LogP contribution is 2.31. The van der Waals surface area contributed by atoms with Gasteiger partial charge in [0.25, 0.3) is 0 Å². The Hall–Kier alpha value is -2.73. The molecule has 3 aromatic rings. The van der Waals surface area contributed by atoms with Crippen LogP contribution in [0.3, 0.4) is 0 Å². The molecule has 0 aliphatic heterocycles. The van der Waals surface area contributed by atoms with Crippen molar-refractivity contribution in [1.82, 2.24) is 4.98 Å². The Bertz CT molecular complexity index is 781. The van der Waals surface area contributed by atoms with E-state index >= 15 is 0 Å². The van der Waals surface area contributed by atoms with Gasteiger partial charge in [-0.15, -0.1) is 0 Å². The summed E-state index contributed by atoms with van der Waals surface area (Å²) in [7, 11) is 0. The van der Waals surface area contributed by atoms with Gasteiger partial charge in [0.05, 0.1) is 6.57 Å². The topological polar surface area (TPSA) is 29.4 Å². The number of benzene rings is 2. The second-order valence-electron chi connectivity index (χ2n) is 4.34. The van der Waals surface area contributed by atoms with Crippen LogP contribution in [0.15, 0.2) is 48.7 Å². The summed E-state index contributed by atoms with van der Waals surface area (Å²) < 4.78 is 5.87. The summed E-state index contributed by atoms with van der Waals surface area (Å²) in [6, 6.07) is 13.2. The van der Waals surface area contributed by atoms with Gasteiger partial charge in [0.2, 0.25) is 0 Å². The Morgan fingerprint density at radius 3 is 2.89 bits per heavy atom. The van der Waals surface area contributed by atoms with Crippen molar-refractivity contribution >= 4 is 16.6 Å². The molecule has 19 heavy (non-hydrogen) atoms. The van der Waals surface area contributed by atoms with E-state index < -0.39 is 0 Å². The van der Waals surface area contributed by atoms with Crippen molar-refractivity contribution < 1.29 is 4.74 Å². The van der Waals surface area contributed by atoms with Gasteiger partial charge in [-0.2, -0.15) is 0 Å². The Balaban J connectivity index is 2.01. The van der Waals surface area contributed by atoms with Crippen LogP contribution >= 0.6 is 0 Å². The molecule has 0 aliphatic rings. The van der Waals surface area contributed by atoms with Crippen LogP contribution in [0.25, 0.3) is 15.7 Å². The largest absolute Gasteiger partial charge is 0.458 e. The Morgan fingerprint density at radius 1 is 1.16 bits per heavy atom. The number of aromatic nitrogens is 1. The van der Waals surface area contributed by atoms with E-state index in [9.17, 15) is 0 Å². The van der Waals surface area contributed by atoms with Crippen LogP contribution in [0.1, 0.15) is 5.56 Å². The van der Waals surface area contributed by atoms with E-state index in [0.29, 0.717) is 11.4 Å². The van der Waals surface area contributed by atoms with E-state index in [1.165, 1.54) is 0 Å². The minimum Gasteiger partial charge on any atom is -0.458 e. The number of hydrogen-bond donors (Lipinski definition) is 1. The molecule has 0 amide bonds. The lowest BCUT2D eigenvalue weighted by molar-refractivity contribution is 0.480. The molecule has 3 nitrogen and oxygen atoms in total. The number of nitrogens with zero attached hydrogens (tertiary/aromatic N) is 1. The standard InChI is InChI=1S/C16H12N2O/c1-11-14-8-9-18-15(14)6-7-16(11)19-13-5-3-4-12(10-13)17-2/h3-10,18H,1H3. The summed E-state index contributed by atoms with van der Waals surface area (Å²) >= 11 is 0. The summed E-state index contributed by atoms with van der Waals surface area (Å²) in [6.45, 7) is 9.05. The van der Waals surface area contributed by atoms with Gasteiger partial charge in [0, 0.05) is 22.7 Å². The molecule has 0 bridgehead atoms. The Morgan fingerprint density at radius 2 is 2.05 bits per heavy atom. The van der Waals surface area contributed by atoms with Gasteiger partial charge in [-0.05, 0) is 37.3 Å². The van der Waals surface area contributed by atoms with E-state index in [1.807, 2.05) is 43.5 Å². The van der Waals surface area contributed by atoms with Crippen molar-refractivity contribution in [3.05, 3.63) is 65.6 Å². The number of fused-ring (bicyclic) bond motifs is 1. The first-order valence-corrected chi connectivity index (χ1v) is 6.00. The predicted octanol–water partition coefficient (Wildman–Crippen LogP) is 4.82. The van der Waals surface area contributed by atoms with Crippen LogP contribution < -0.4 is 4.74 Å². The number of nitrogens with one attached hydrogen (secondary N) is 1. The maximum atomic E-state index is 7.01. The first-order chi connectivity index (χ1) is 9.28. The molecule has 0 saturated carbocycles. The average Bonchev–Trinajstić information content (AvgIpc) is 2.91. The average molecular weight is 248 g/mol. The molecule has 2 aromatic carbocycles. The molecule has 3 rings (SSSR count). The lowest BCUT2D eigenvalue weighted by atomic mass is 10.1. The molecule has 1 aromatic heterocycles. The van der Waals surface area contributed by atoms with Crippen LogP contribution in [0, 0.1) is 13.5 Å². The van der Waals surface area contributed by atoms with Crippen molar-refractivity contribution in [3.63, 3.8) is 0 Å². The lowest BCUT2D eigenvalue weighted by Gasteiger charge is -2.09. The van der Waals surface area contributed by atoms with Crippen LogP contribution in [-0.4, -0.2) is 4.98 Å². The lowest BCUT2D eigenvalue weighted by Crippen LogP contribution is -1.87. The second-order valence-corrected chi connectivity index (χ2v) is 4.34. The molecule has 0 fully saturated rings. The van der Waals surface area contributed by atoms with Crippen LogP contribution in [-0.2, 0) is 0 Å². The molecule has 3 heteroatoms. The molecule has 0 atom stereocenters. The first kappa shape index (κ1) is 11.4. The van der Waals surface area contributed by atoms with Crippen LogP contribution in [0.2, 0.25) is 0 Å². The predicted molar refractivity (Wildman–Crippen MR) is 75.8 cm³/mol. The van der Waals surface area contributed by atoms with E-state index in [-0.39, 0.29) is 0 Å². The highest BCUT2D eigenvalue weighted by atomic mass is 16.5. The minimum absolute atomic E-state index is 0.581. The molecule has 0 aliphatic carbocycles. The quantitative estimate of drug-likeness (QED) is 0.647. The summed E-state index contributed by atoms with van der Waals surface area (Å²) in [5.41, 5.74) is 2.77. The number of ether oxygens (including phenoxy) is 1. The molecule has 1 heterocycles. The Kier molecular flexibility index (Phi) is 2.70. The summed E-state index contributed by atoms with van der Waals surface area (Å²) in [4.78, 5) is 6.58. The minimum atomic E-state index is 0.581. The summed E-state index contributed by atoms with van der Waals surface area (Å²) in [6.07, 6.45) is 1.92. The van der Waals surface area contributed by atoms with E-state index in [1.54, 1.807) is 12.1 Å². The summed E-state index contributed by atoms with van der Waals surface area (Å²) in [5.74, 6) is 1.50. The first-order valence-electron chi connectivity index (χ1n) is 6.00. The summed E-state index contributed by atoms with van der Waals surface area (Å²) in [5, 5.41) is 1.15. The number of rotatable bonds is 2.